The van der Waals surface area contributed by atoms with Gasteiger partial charge < -0.3 is 0 Å². The maximum Gasteiger partial charge on any atom is 0.127 e. The number of rotatable bonds is 4. The summed E-state index contributed by atoms with van der Waals surface area (Å²) in [4.78, 5) is 2.35. The van der Waals surface area contributed by atoms with E-state index in [1.165, 1.54) is 10.9 Å². The highest BCUT2D eigenvalue weighted by Crippen LogP contribution is 2.33. The molecule has 0 aliphatic carbocycles. The summed E-state index contributed by atoms with van der Waals surface area (Å²) in [6, 6.07) is 8.78. The van der Waals surface area contributed by atoms with E-state index in [1.54, 1.807) is 23.5 Å². The first kappa shape index (κ1) is 13.9. The Morgan fingerprint density at radius 3 is 2.67 bits per heavy atom. The van der Waals surface area contributed by atoms with Crippen LogP contribution in [0.25, 0.3) is 0 Å². The Labute approximate surface area is 120 Å². The summed E-state index contributed by atoms with van der Waals surface area (Å²) in [5.41, 5.74) is 0.491. The average molecular weight is 303 g/mol. The molecule has 1 aromatic carbocycles. The van der Waals surface area contributed by atoms with Crippen LogP contribution in [0.3, 0.4) is 0 Å². The van der Waals surface area contributed by atoms with Gasteiger partial charge in [-0.1, -0.05) is 24.6 Å². The van der Waals surface area contributed by atoms with Gasteiger partial charge in [-0.2, -0.15) is 0 Å². The molecule has 4 heteroatoms. The number of benzene rings is 1. The maximum absolute atomic E-state index is 13.7. The second-order valence-electron chi connectivity index (χ2n) is 4.03. The van der Waals surface area contributed by atoms with E-state index in [4.69, 9.17) is 23.2 Å². The third kappa shape index (κ3) is 3.05. The number of hydrogen-bond acceptors (Lipinski definition) is 1. The van der Waals surface area contributed by atoms with Gasteiger partial charge in [-0.15, -0.1) is 22.9 Å². The predicted molar refractivity (Wildman–Crippen MR) is 77.4 cm³/mol. The molecule has 18 heavy (non-hydrogen) atoms. The van der Waals surface area contributed by atoms with E-state index in [0.29, 0.717) is 17.0 Å². The van der Waals surface area contributed by atoms with Gasteiger partial charge >= 0.3 is 0 Å². The Balaban J connectivity index is 2.18. The molecule has 0 saturated carbocycles. The van der Waals surface area contributed by atoms with Crippen LogP contribution in [-0.2, 0) is 12.8 Å². The summed E-state index contributed by atoms with van der Waals surface area (Å²) in [7, 11) is 0. The van der Waals surface area contributed by atoms with E-state index in [2.05, 4.69) is 13.0 Å². The van der Waals surface area contributed by atoms with Crippen molar-refractivity contribution in [2.45, 2.75) is 25.1 Å². The van der Waals surface area contributed by atoms with E-state index >= 15 is 0 Å². The number of thiophene rings is 1. The third-order valence-corrected chi connectivity index (χ3v) is 5.00. The molecule has 2 aromatic rings. The van der Waals surface area contributed by atoms with Crippen LogP contribution < -0.4 is 0 Å². The van der Waals surface area contributed by atoms with Gasteiger partial charge in [-0.25, -0.2) is 4.39 Å². The number of aryl methyl sites for hydroxylation is 1. The van der Waals surface area contributed by atoms with Crippen molar-refractivity contribution < 1.29 is 4.39 Å². The first-order valence-corrected chi connectivity index (χ1v) is 7.40. The van der Waals surface area contributed by atoms with Crippen molar-refractivity contribution in [3.63, 3.8) is 0 Å². The van der Waals surface area contributed by atoms with Gasteiger partial charge in [0.25, 0.3) is 0 Å². The van der Waals surface area contributed by atoms with Crippen LogP contribution in [0.15, 0.2) is 30.3 Å². The molecule has 0 aliphatic heterocycles. The van der Waals surface area contributed by atoms with Crippen LogP contribution >= 0.6 is 34.5 Å². The summed E-state index contributed by atoms with van der Waals surface area (Å²) in [5.74, 6) is -0.291. The molecule has 0 radical (unpaired) electrons. The standard InChI is InChI=1S/C14H13Cl2FS/c1-2-9-6-7-14(18-9)12(16)8-10-11(15)4-3-5-13(10)17/h3-7,12H,2,8H2,1H3. The van der Waals surface area contributed by atoms with Gasteiger partial charge in [0.2, 0.25) is 0 Å². The molecular weight excluding hydrogens is 290 g/mol. The molecule has 0 aliphatic rings. The fourth-order valence-corrected chi connectivity index (χ4v) is 3.29. The summed E-state index contributed by atoms with van der Waals surface area (Å²) < 4.78 is 13.7. The SMILES string of the molecule is CCc1ccc(C(Cl)Cc2c(F)cccc2Cl)s1. The minimum atomic E-state index is -0.291. The maximum atomic E-state index is 13.7. The highest BCUT2D eigenvalue weighted by Gasteiger charge is 2.16. The van der Waals surface area contributed by atoms with Gasteiger partial charge in [-0.3, -0.25) is 0 Å². The van der Waals surface area contributed by atoms with E-state index < -0.39 is 0 Å². The van der Waals surface area contributed by atoms with Gasteiger partial charge in [0, 0.05) is 20.3 Å². The van der Waals surface area contributed by atoms with E-state index in [1.807, 2.05) is 6.07 Å². The molecule has 0 bridgehead atoms. The smallest absolute Gasteiger partial charge is 0.127 e. The Hall–Kier alpha value is -0.570. The second kappa shape index (κ2) is 6.05. The molecule has 1 heterocycles. The van der Waals surface area contributed by atoms with Crippen molar-refractivity contribution in [1.82, 2.24) is 0 Å². The number of alkyl halides is 1. The largest absolute Gasteiger partial charge is 0.207 e. The van der Waals surface area contributed by atoms with Gasteiger partial charge in [0.1, 0.15) is 5.82 Å². The molecule has 0 fully saturated rings. The minimum Gasteiger partial charge on any atom is -0.207 e. The van der Waals surface area contributed by atoms with Gasteiger partial charge in [-0.05, 0) is 37.1 Å². The molecule has 1 aromatic heterocycles. The lowest BCUT2D eigenvalue weighted by molar-refractivity contribution is 0.608. The molecular formula is C14H13Cl2FS. The van der Waals surface area contributed by atoms with Crippen molar-refractivity contribution in [1.29, 1.82) is 0 Å². The van der Waals surface area contributed by atoms with Crippen LogP contribution in [0, 0.1) is 5.82 Å². The molecule has 1 atom stereocenters. The predicted octanol–water partition coefficient (Wildman–Crippen LogP) is 5.63. The van der Waals surface area contributed by atoms with Crippen molar-refractivity contribution in [2.24, 2.45) is 0 Å². The molecule has 0 nitrogen and oxygen atoms in total. The zero-order chi connectivity index (χ0) is 13.1. The quantitative estimate of drug-likeness (QED) is 0.642. The van der Waals surface area contributed by atoms with Gasteiger partial charge in [0.15, 0.2) is 0 Å². The summed E-state index contributed by atoms with van der Waals surface area (Å²) in [6.45, 7) is 2.10. The number of hydrogen-bond donors (Lipinski definition) is 0. The second-order valence-corrected chi connectivity index (χ2v) is 6.16. The van der Waals surface area contributed by atoms with Crippen molar-refractivity contribution in [2.75, 3.05) is 0 Å². The number of halogens is 3. The summed E-state index contributed by atoms with van der Waals surface area (Å²) in [6.07, 6.45) is 1.41. The third-order valence-electron chi connectivity index (χ3n) is 2.78. The van der Waals surface area contributed by atoms with Crippen LogP contribution in [0.5, 0.6) is 0 Å². The highest BCUT2D eigenvalue weighted by molar-refractivity contribution is 7.12. The zero-order valence-corrected chi connectivity index (χ0v) is 12.2. The molecule has 0 amide bonds. The molecule has 1 unspecified atom stereocenters. The Morgan fingerprint density at radius 2 is 2.06 bits per heavy atom. The lowest BCUT2D eigenvalue weighted by Gasteiger charge is -2.10. The van der Waals surface area contributed by atoms with Crippen LogP contribution in [0.1, 0.15) is 27.6 Å². The van der Waals surface area contributed by atoms with Crippen molar-refractivity contribution in [3.8, 4) is 0 Å². The monoisotopic (exact) mass is 302 g/mol. The average Bonchev–Trinajstić information content (AvgIpc) is 2.82. The fourth-order valence-electron chi connectivity index (χ4n) is 1.76. The first-order valence-electron chi connectivity index (χ1n) is 5.77. The normalized spacial score (nSPS) is 12.7. The Kier molecular flexibility index (Phi) is 4.66. The molecule has 2 rings (SSSR count). The van der Waals surface area contributed by atoms with Crippen LogP contribution in [0.2, 0.25) is 5.02 Å². The molecule has 96 valence electrons. The van der Waals surface area contributed by atoms with Gasteiger partial charge in [0.05, 0.1) is 5.38 Å². The van der Waals surface area contributed by atoms with Crippen molar-refractivity contribution >= 4 is 34.5 Å². The lowest BCUT2D eigenvalue weighted by atomic mass is 10.1. The molecule has 0 saturated heterocycles. The van der Waals surface area contributed by atoms with Crippen molar-refractivity contribution in [3.05, 3.63) is 56.5 Å². The lowest BCUT2D eigenvalue weighted by Crippen LogP contribution is -1.97. The Morgan fingerprint density at radius 1 is 1.28 bits per heavy atom. The molecule has 0 spiro atoms. The van der Waals surface area contributed by atoms with Crippen LogP contribution in [0.4, 0.5) is 4.39 Å². The molecule has 0 N–H and O–H groups in total. The minimum absolute atomic E-state index is 0.232. The topological polar surface area (TPSA) is 0 Å². The summed E-state index contributed by atoms with van der Waals surface area (Å²) >= 11 is 14.0. The first-order chi connectivity index (χ1) is 8.61. The van der Waals surface area contributed by atoms with E-state index in [-0.39, 0.29) is 11.2 Å². The van der Waals surface area contributed by atoms with Crippen LogP contribution in [-0.4, -0.2) is 0 Å². The van der Waals surface area contributed by atoms with E-state index in [9.17, 15) is 4.39 Å². The highest BCUT2D eigenvalue weighted by atomic mass is 35.5. The zero-order valence-electron chi connectivity index (χ0n) is 9.92. The van der Waals surface area contributed by atoms with E-state index in [0.717, 1.165) is 11.3 Å². The fraction of sp³-hybridized carbons (Fsp3) is 0.286. The Bertz CT molecular complexity index is 516. The summed E-state index contributed by atoms with van der Waals surface area (Å²) in [5, 5.41) is 0.206.